The van der Waals surface area contributed by atoms with Crippen LogP contribution in [0.15, 0.2) is 46.7 Å². The molecule has 1 aromatic carbocycles. The number of fused-ring (bicyclic) bond motifs is 1. The molecule has 2 N–H and O–H groups in total. The zero-order valence-corrected chi connectivity index (χ0v) is 18.1. The SMILES string of the molecule is CC(C)C[C@H](NC(=O)CNC(=O)c1cc(Br)ccc1F)B1OC2=CC=CC(=O)C2O1. The van der Waals surface area contributed by atoms with Crippen LogP contribution in [0.3, 0.4) is 0 Å². The monoisotopic (exact) mass is 478 g/mol. The lowest BCUT2D eigenvalue weighted by Gasteiger charge is -2.21. The first kappa shape index (κ1) is 22.2. The summed E-state index contributed by atoms with van der Waals surface area (Å²) >= 11 is 3.18. The van der Waals surface area contributed by atoms with Gasteiger partial charge in [-0.25, -0.2) is 4.39 Å². The molecule has 7 nitrogen and oxygen atoms in total. The normalized spacial score (nSPS) is 18.6. The number of amides is 2. The van der Waals surface area contributed by atoms with Crippen molar-refractivity contribution in [1.29, 1.82) is 0 Å². The Labute approximate surface area is 182 Å². The number of benzene rings is 1. The van der Waals surface area contributed by atoms with Gasteiger partial charge in [0, 0.05) is 4.47 Å². The Balaban J connectivity index is 1.60. The highest BCUT2D eigenvalue weighted by Gasteiger charge is 2.46. The van der Waals surface area contributed by atoms with E-state index in [1.54, 1.807) is 12.2 Å². The van der Waals surface area contributed by atoms with E-state index in [0.717, 1.165) is 6.07 Å². The minimum absolute atomic E-state index is 0.166. The summed E-state index contributed by atoms with van der Waals surface area (Å²) < 4.78 is 25.8. The number of carbonyl (C=O) groups is 3. The number of ketones is 1. The van der Waals surface area contributed by atoms with Gasteiger partial charge < -0.3 is 19.9 Å². The van der Waals surface area contributed by atoms with Crippen molar-refractivity contribution in [2.24, 2.45) is 5.92 Å². The van der Waals surface area contributed by atoms with Gasteiger partial charge in [0.2, 0.25) is 5.91 Å². The maximum Gasteiger partial charge on any atom is 0.550 e. The summed E-state index contributed by atoms with van der Waals surface area (Å²) in [5.74, 6) is -2.00. The highest BCUT2D eigenvalue weighted by molar-refractivity contribution is 9.10. The van der Waals surface area contributed by atoms with Gasteiger partial charge in [0.05, 0.1) is 18.0 Å². The molecular formula is C20H21BBrFN2O5. The number of carbonyl (C=O) groups excluding carboxylic acids is 3. The highest BCUT2D eigenvalue weighted by Crippen LogP contribution is 2.27. The van der Waals surface area contributed by atoms with Gasteiger partial charge in [-0.05, 0) is 42.7 Å². The third-order valence-corrected chi connectivity index (χ3v) is 5.04. The molecule has 0 saturated carbocycles. The molecule has 1 aliphatic carbocycles. The molecule has 1 heterocycles. The van der Waals surface area contributed by atoms with E-state index < -0.39 is 36.8 Å². The number of nitrogens with one attached hydrogen (secondary N) is 2. The fourth-order valence-corrected chi connectivity index (χ4v) is 3.55. The van der Waals surface area contributed by atoms with Gasteiger partial charge in [0.1, 0.15) is 11.6 Å². The standard InChI is InChI=1S/C20H21BBrFN2O5/c1-11(2)8-17(21-29-16-5-3-4-15(26)19(16)30-21)25-18(27)10-24-20(28)13-9-12(22)6-7-14(13)23/h3-7,9,11,17,19H,8,10H2,1-2H3,(H,24,28)(H,25,27)/t17-,19?/m0/s1. The fraction of sp³-hybridized carbons (Fsp3) is 0.350. The summed E-state index contributed by atoms with van der Waals surface area (Å²) in [6.07, 6.45) is 4.39. The zero-order chi connectivity index (χ0) is 21.8. The lowest BCUT2D eigenvalue weighted by molar-refractivity contribution is -0.120. The van der Waals surface area contributed by atoms with Crippen LogP contribution in [0.2, 0.25) is 0 Å². The number of allylic oxidation sites excluding steroid dienone is 2. The Morgan fingerprint density at radius 3 is 2.80 bits per heavy atom. The molecule has 10 heteroatoms. The summed E-state index contributed by atoms with van der Waals surface area (Å²) in [5, 5.41) is 5.19. The Bertz CT molecular complexity index is 920. The van der Waals surface area contributed by atoms with Gasteiger partial charge in [-0.3, -0.25) is 14.4 Å². The molecule has 0 aromatic heterocycles. The molecule has 0 spiro atoms. The minimum atomic E-state index is -0.824. The van der Waals surface area contributed by atoms with Gasteiger partial charge in [-0.2, -0.15) is 0 Å². The lowest BCUT2D eigenvalue weighted by atomic mass is 9.74. The van der Waals surface area contributed by atoms with Crippen LogP contribution in [-0.2, 0) is 18.9 Å². The van der Waals surface area contributed by atoms with Gasteiger partial charge in [-0.1, -0.05) is 35.9 Å². The third-order valence-electron chi connectivity index (χ3n) is 4.54. The second kappa shape index (κ2) is 9.57. The average molecular weight is 479 g/mol. The van der Waals surface area contributed by atoms with Crippen molar-refractivity contribution in [3.8, 4) is 0 Å². The predicted octanol–water partition coefficient (Wildman–Crippen LogP) is 2.31. The lowest BCUT2D eigenvalue weighted by Crippen LogP contribution is -2.51. The molecule has 0 radical (unpaired) electrons. The number of halogens is 2. The van der Waals surface area contributed by atoms with Crippen LogP contribution in [0, 0.1) is 11.7 Å². The van der Waals surface area contributed by atoms with E-state index in [4.69, 9.17) is 9.31 Å². The quantitative estimate of drug-likeness (QED) is 0.586. The first-order valence-electron chi connectivity index (χ1n) is 9.51. The molecule has 1 aromatic rings. The molecule has 1 saturated heterocycles. The van der Waals surface area contributed by atoms with Crippen LogP contribution in [0.5, 0.6) is 0 Å². The van der Waals surface area contributed by atoms with E-state index in [1.807, 2.05) is 13.8 Å². The number of hydrogen-bond donors (Lipinski definition) is 2. The van der Waals surface area contributed by atoms with E-state index in [1.165, 1.54) is 18.2 Å². The van der Waals surface area contributed by atoms with Gasteiger partial charge in [-0.15, -0.1) is 0 Å². The van der Waals surface area contributed by atoms with Crippen molar-refractivity contribution in [2.75, 3.05) is 6.54 Å². The van der Waals surface area contributed by atoms with Crippen molar-refractivity contribution in [2.45, 2.75) is 32.3 Å². The summed E-state index contributed by atoms with van der Waals surface area (Å²) in [6.45, 7) is 3.61. The van der Waals surface area contributed by atoms with E-state index in [0.29, 0.717) is 16.7 Å². The topological polar surface area (TPSA) is 93.7 Å². The molecule has 30 heavy (non-hydrogen) atoms. The van der Waals surface area contributed by atoms with E-state index >= 15 is 0 Å². The second-order valence-corrected chi connectivity index (χ2v) is 8.36. The molecular weight excluding hydrogens is 458 g/mol. The van der Waals surface area contributed by atoms with Crippen molar-refractivity contribution in [3.05, 3.63) is 58.0 Å². The molecule has 1 unspecified atom stereocenters. The molecule has 1 fully saturated rings. The molecule has 158 valence electrons. The van der Waals surface area contributed by atoms with E-state index in [2.05, 4.69) is 26.6 Å². The first-order valence-corrected chi connectivity index (χ1v) is 10.3. The van der Waals surface area contributed by atoms with Crippen LogP contribution >= 0.6 is 15.9 Å². The Kier molecular flexibility index (Phi) is 7.09. The van der Waals surface area contributed by atoms with Crippen molar-refractivity contribution in [1.82, 2.24) is 10.6 Å². The Hall–Kier alpha value is -2.46. The summed E-state index contributed by atoms with van der Waals surface area (Å²) in [4.78, 5) is 36.6. The molecule has 2 aliphatic rings. The van der Waals surface area contributed by atoms with Crippen LogP contribution < -0.4 is 10.6 Å². The molecule has 2 amide bonds. The summed E-state index contributed by atoms with van der Waals surface area (Å²) in [6, 6.07) is 3.98. The maximum atomic E-state index is 13.8. The minimum Gasteiger partial charge on any atom is -0.536 e. The van der Waals surface area contributed by atoms with Crippen LogP contribution in [0.25, 0.3) is 0 Å². The second-order valence-electron chi connectivity index (χ2n) is 7.44. The molecule has 2 atom stereocenters. The van der Waals surface area contributed by atoms with Crippen molar-refractivity contribution in [3.63, 3.8) is 0 Å². The molecule has 3 rings (SSSR count). The summed E-state index contributed by atoms with van der Waals surface area (Å²) in [5.41, 5.74) is -0.166. The smallest absolute Gasteiger partial charge is 0.536 e. The Morgan fingerprint density at radius 1 is 1.33 bits per heavy atom. The average Bonchev–Trinajstić information content (AvgIpc) is 3.13. The van der Waals surface area contributed by atoms with Crippen LogP contribution in [0.1, 0.15) is 30.6 Å². The van der Waals surface area contributed by atoms with Crippen molar-refractivity contribution < 1.29 is 28.1 Å². The summed E-state index contributed by atoms with van der Waals surface area (Å²) in [7, 11) is -0.824. The van der Waals surface area contributed by atoms with Crippen LogP contribution in [0.4, 0.5) is 4.39 Å². The maximum absolute atomic E-state index is 13.8. The fourth-order valence-electron chi connectivity index (χ4n) is 3.19. The van der Waals surface area contributed by atoms with Gasteiger partial charge >= 0.3 is 7.12 Å². The third kappa shape index (κ3) is 5.37. The van der Waals surface area contributed by atoms with Crippen LogP contribution in [-0.4, -0.2) is 43.3 Å². The molecule has 0 bridgehead atoms. The van der Waals surface area contributed by atoms with E-state index in [-0.39, 0.29) is 23.8 Å². The Morgan fingerprint density at radius 2 is 2.10 bits per heavy atom. The van der Waals surface area contributed by atoms with Crippen molar-refractivity contribution >= 4 is 40.6 Å². The first-order chi connectivity index (χ1) is 14.2. The van der Waals surface area contributed by atoms with Gasteiger partial charge in [0.25, 0.3) is 5.91 Å². The largest absolute Gasteiger partial charge is 0.550 e. The van der Waals surface area contributed by atoms with E-state index in [9.17, 15) is 18.8 Å². The highest BCUT2D eigenvalue weighted by atomic mass is 79.9. The predicted molar refractivity (Wildman–Crippen MR) is 112 cm³/mol. The molecule has 1 aliphatic heterocycles. The zero-order valence-electron chi connectivity index (χ0n) is 16.5. The van der Waals surface area contributed by atoms with Gasteiger partial charge in [0.15, 0.2) is 11.9 Å². The number of hydrogen-bond acceptors (Lipinski definition) is 5. The number of rotatable bonds is 7.